The number of hydrogen-bond acceptors (Lipinski definition) is 6. The average Bonchev–Trinajstić information content (AvgIpc) is 3.27. The van der Waals surface area contributed by atoms with E-state index in [2.05, 4.69) is 24.1 Å². The quantitative estimate of drug-likeness (QED) is 0.427. The lowest BCUT2D eigenvalue weighted by molar-refractivity contribution is 0.303. The topological polar surface area (TPSA) is 68.6 Å². The van der Waals surface area contributed by atoms with E-state index in [1.165, 1.54) is 6.07 Å². The third-order valence-corrected chi connectivity index (χ3v) is 6.54. The third-order valence-electron chi connectivity index (χ3n) is 6.54. The molecule has 35 heavy (non-hydrogen) atoms. The van der Waals surface area contributed by atoms with E-state index in [-0.39, 0.29) is 5.56 Å². The molecule has 1 N–H and O–H groups in total. The van der Waals surface area contributed by atoms with Crippen molar-refractivity contribution in [2.45, 2.75) is 33.2 Å². The number of fused-ring (bicyclic) bond motifs is 2. The van der Waals surface area contributed by atoms with Gasteiger partial charge in [-0.2, -0.15) is 0 Å². The second-order valence-electron chi connectivity index (χ2n) is 8.58. The van der Waals surface area contributed by atoms with Crippen LogP contribution in [0.3, 0.4) is 0 Å². The first-order valence-electron chi connectivity index (χ1n) is 12.1. The van der Waals surface area contributed by atoms with Crippen molar-refractivity contribution in [1.82, 2.24) is 14.5 Å². The Morgan fingerprint density at radius 2 is 1.91 bits per heavy atom. The van der Waals surface area contributed by atoms with Crippen molar-refractivity contribution in [3.05, 3.63) is 57.9 Å². The molecule has 1 aliphatic rings. The molecular formula is C27H33FN4O3. The Hall–Kier alpha value is -3.39. The van der Waals surface area contributed by atoms with Gasteiger partial charge in [-0.1, -0.05) is 19.9 Å². The highest BCUT2D eigenvalue weighted by Crippen LogP contribution is 2.32. The summed E-state index contributed by atoms with van der Waals surface area (Å²) >= 11 is 0. The van der Waals surface area contributed by atoms with E-state index in [1.807, 2.05) is 24.3 Å². The van der Waals surface area contributed by atoms with Crippen molar-refractivity contribution in [2.24, 2.45) is 0 Å². The Morgan fingerprint density at radius 3 is 2.63 bits per heavy atom. The predicted molar refractivity (Wildman–Crippen MR) is 139 cm³/mol. The van der Waals surface area contributed by atoms with E-state index < -0.39 is 5.82 Å². The number of allylic oxidation sites excluding steroid dienone is 1. The Bertz CT molecular complexity index is 1300. The van der Waals surface area contributed by atoms with E-state index in [1.54, 1.807) is 24.9 Å². The number of hydrogen-bond donors (Lipinski definition) is 1. The van der Waals surface area contributed by atoms with Crippen molar-refractivity contribution in [2.75, 3.05) is 45.7 Å². The van der Waals surface area contributed by atoms with Gasteiger partial charge in [0, 0.05) is 13.1 Å². The van der Waals surface area contributed by atoms with Gasteiger partial charge in [0.05, 0.1) is 30.8 Å². The highest BCUT2D eigenvalue weighted by Gasteiger charge is 2.22. The number of halogens is 1. The SMILES string of the molecule is CCN(CC)CCCNc1cc2nc3n(c(=O)c2cc1F)CC/C3=C\c1ccc(OC)c(OC)c1. The summed E-state index contributed by atoms with van der Waals surface area (Å²) < 4.78 is 27.1. The Morgan fingerprint density at radius 1 is 1.14 bits per heavy atom. The Kier molecular flexibility index (Phi) is 7.70. The minimum absolute atomic E-state index is 0.215. The molecule has 186 valence electrons. The summed E-state index contributed by atoms with van der Waals surface area (Å²) in [4.78, 5) is 20.2. The van der Waals surface area contributed by atoms with Gasteiger partial charge in [0.25, 0.3) is 5.56 Å². The molecule has 7 nitrogen and oxygen atoms in total. The molecule has 0 fully saturated rings. The molecule has 1 aliphatic heterocycles. The molecule has 2 aromatic carbocycles. The number of benzene rings is 2. The summed E-state index contributed by atoms with van der Waals surface area (Å²) in [5.74, 6) is 1.48. The third kappa shape index (κ3) is 5.17. The zero-order valence-electron chi connectivity index (χ0n) is 20.9. The monoisotopic (exact) mass is 480 g/mol. The van der Waals surface area contributed by atoms with E-state index in [9.17, 15) is 9.18 Å². The number of nitrogens with zero attached hydrogens (tertiary/aromatic N) is 3. The van der Waals surface area contributed by atoms with Crippen molar-refractivity contribution < 1.29 is 13.9 Å². The van der Waals surface area contributed by atoms with Gasteiger partial charge in [0.1, 0.15) is 11.6 Å². The summed E-state index contributed by atoms with van der Waals surface area (Å²) in [6.45, 7) is 8.38. The van der Waals surface area contributed by atoms with Crippen molar-refractivity contribution in [1.29, 1.82) is 0 Å². The molecule has 0 spiro atoms. The van der Waals surface area contributed by atoms with Gasteiger partial charge in [-0.3, -0.25) is 9.36 Å². The summed E-state index contributed by atoms with van der Waals surface area (Å²) in [7, 11) is 3.20. The molecular weight excluding hydrogens is 447 g/mol. The molecule has 0 amide bonds. The fourth-order valence-electron chi connectivity index (χ4n) is 4.52. The average molecular weight is 481 g/mol. The second-order valence-corrected chi connectivity index (χ2v) is 8.58. The van der Waals surface area contributed by atoms with Crippen LogP contribution in [0.1, 0.15) is 38.1 Å². The van der Waals surface area contributed by atoms with Crippen molar-refractivity contribution >= 4 is 28.2 Å². The first kappa shape index (κ1) is 24.7. The number of anilines is 1. The predicted octanol–water partition coefficient (Wildman–Crippen LogP) is 4.64. The maximum Gasteiger partial charge on any atom is 0.261 e. The van der Waals surface area contributed by atoms with Gasteiger partial charge in [-0.05, 0) is 74.0 Å². The number of ether oxygens (including phenoxy) is 2. The fraction of sp³-hybridized carbons (Fsp3) is 0.407. The molecule has 3 aromatic rings. The number of methoxy groups -OCH3 is 2. The van der Waals surface area contributed by atoms with Crippen LogP contribution in [0, 0.1) is 5.82 Å². The molecule has 0 saturated heterocycles. The van der Waals surface area contributed by atoms with Gasteiger partial charge >= 0.3 is 0 Å². The molecule has 0 aliphatic carbocycles. The van der Waals surface area contributed by atoms with Crippen LogP contribution >= 0.6 is 0 Å². The number of aromatic nitrogens is 2. The first-order valence-corrected chi connectivity index (χ1v) is 12.1. The summed E-state index contributed by atoms with van der Waals surface area (Å²) in [5, 5.41) is 3.48. The second kappa shape index (κ2) is 10.9. The van der Waals surface area contributed by atoms with Crippen LogP contribution in [0.25, 0.3) is 22.6 Å². The Balaban J connectivity index is 1.63. The van der Waals surface area contributed by atoms with E-state index >= 15 is 0 Å². The van der Waals surface area contributed by atoms with Crippen LogP contribution in [-0.4, -0.2) is 54.8 Å². The van der Waals surface area contributed by atoms with Gasteiger partial charge in [-0.25, -0.2) is 9.37 Å². The van der Waals surface area contributed by atoms with E-state index in [0.29, 0.717) is 53.4 Å². The van der Waals surface area contributed by atoms with Crippen LogP contribution in [-0.2, 0) is 6.54 Å². The minimum Gasteiger partial charge on any atom is -0.493 e. The minimum atomic E-state index is -0.432. The van der Waals surface area contributed by atoms with Crippen LogP contribution in [0.5, 0.6) is 11.5 Å². The molecule has 0 unspecified atom stereocenters. The van der Waals surface area contributed by atoms with Gasteiger partial charge in [0.2, 0.25) is 0 Å². The molecule has 1 aromatic heterocycles. The van der Waals surface area contributed by atoms with Gasteiger partial charge in [-0.15, -0.1) is 0 Å². The van der Waals surface area contributed by atoms with E-state index in [0.717, 1.165) is 37.2 Å². The molecule has 0 saturated carbocycles. The van der Waals surface area contributed by atoms with Gasteiger partial charge < -0.3 is 19.7 Å². The van der Waals surface area contributed by atoms with Crippen LogP contribution in [0.4, 0.5) is 10.1 Å². The lowest BCUT2D eigenvalue weighted by Crippen LogP contribution is -2.25. The lowest BCUT2D eigenvalue weighted by atomic mass is 10.1. The zero-order chi connectivity index (χ0) is 24.9. The molecule has 0 radical (unpaired) electrons. The molecule has 8 heteroatoms. The normalized spacial score (nSPS) is 14.1. The summed E-state index contributed by atoms with van der Waals surface area (Å²) in [6.07, 6.45) is 3.58. The summed E-state index contributed by atoms with van der Waals surface area (Å²) in [5.41, 5.74) is 2.53. The smallest absolute Gasteiger partial charge is 0.261 e. The maximum absolute atomic E-state index is 14.8. The van der Waals surface area contributed by atoms with Crippen LogP contribution < -0.4 is 20.3 Å². The lowest BCUT2D eigenvalue weighted by Gasteiger charge is -2.18. The highest BCUT2D eigenvalue weighted by molar-refractivity contribution is 5.86. The van der Waals surface area contributed by atoms with E-state index in [4.69, 9.17) is 14.5 Å². The van der Waals surface area contributed by atoms with Crippen molar-refractivity contribution in [3.8, 4) is 11.5 Å². The number of nitrogens with one attached hydrogen (secondary N) is 1. The number of rotatable bonds is 10. The highest BCUT2D eigenvalue weighted by atomic mass is 19.1. The molecule has 4 rings (SSSR count). The molecule has 0 atom stereocenters. The Labute approximate surface area is 205 Å². The first-order chi connectivity index (χ1) is 17.0. The largest absolute Gasteiger partial charge is 0.493 e. The fourth-order valence-corrected chi connectivity index (χ4v) is 4.52. The van der Waals surface area contributed by atoms with Crippen LogP contribution in [0.2, 0.25) is 0 Å². The van der Waals surface area contributed by atoms with Crippen molar-refractivity contribution in [3.63, 3.8) is 0 Å². The zero-order valence-corrected chi connectivity index (χ0v) is 20.9. The molecule has 2 heterocycles. The van der Waals surface area contributed by atoms with Crippen LogP contribution in [0.15, 0.2) is 35.1 Å². The summed E-state index contributed by atoms with van der Waals surface area (Å²) in [6, 6.07) is 8.63. The maximum atomic E-state index is 14.8. The van der Waals surface area contributed by atoms with Gasteiger partial charge in [0.15, 0.2) is 11.5 Å². The molecule has 0 bridgehead atoms. The standard InChI is InChI=1S/C27H33FN4O3/c1-5-31(6-2)12-7-11-29-23-17-22-20(16-21(23)28)27(33)32-13-10-19(26(32)30-22)14-18-8-9-24(34-3)25(15-18)35-4/h8-9,14-17,29H,5-7,10-13H2,1-4H3/b19-14+.